The molecule has 1 heterocycles. The van der Waals surface area contributed by atoms with E-state index in [2.05, 4.69) is 17.2 Å². The number of amidine groups is 1. The molecule has 5 heteroatoms. The maximum atomic E-state index is 12.2. The van der Waals surface area contributed by atoms with Crippen molar-refractivity contribution in [1.29, 1.82) is 0 Å². The van der Waals surface area contributed by atoms with Crippen LogP contribution in [0.3, 0.4) is 0 Å². The van der Waals surface area contributed by atoms with Gasteiger partial charge in [0, 0.05) is 12.6 Å². The second-order valence-electron chi connectivity index (χ2n) is 8.50. The molecule has 1 amide bonds. The summed E-state index contributed by atoms with van der Waals surface area (Å²) >= 11 is 0. The molecule has 0 aromatic carbocycles. The predicted octanol–water partition coefficient (Wildman–Crippen LogP) is 3.05. The van der Waals surface area contributed by atoms with Gasteiger partial charge in [-0.3, -0.25) is 9.89 Å². The van der Waals surface area contributed by atoms with Crippen LogP contribution in [-0.2, 0) is 4.74 Å². The minimum Gasteiger partial charge on any atom is -0.444 e. The first-order chi connectivity index (χ1) is 10.8. The highest BCUT2D eigenvalue weighted by Gasteiger charge is 2.42. The van der Waals surface area contributed by atoms with Crippen LogP contribution in [0.1, 0.15) is 53.4 Å². The fourth-order valence-corrected chi connectivity index (χ4v) is 4.47. The molecule has 3 rings (SSSR count). The lowest BCUT2D eigenvalue weighted by molar-refractivity contribution is 0.0275. The van der Waals surface area contributed by atoms with Gasteiger partial charge in [-0.05, 0) is 64.7 Å². The molecule has 3 aliphatic rings. The summed E-state index contributed by atoms with van der Waals surface area (Å²) in [6, 6.07) is 0.447. The van der Waals surface area contributed by atoms with Gasteiger partial charge in [-0.2, -0.15) is 0 Å². The third-order valence-electron chi connectivity index (χ3n) is 5.49. The van der Waals surface area contributed by atoms with Crippen molar-refractivity contribution in [3.8, 4) is 0 Å². The number of amides is 1. The highest BCUT2D eigenvalue weighted by molar-refractivity contribution is 5.88. The molecule has 1 aliphatic heterocycles. The van der Waals surface area contributed by atoms with E-state index in [-0.39, 0.29) is 6.09 Å². The Kier molecular flexibility index (Phi) is 4.56. The van der Waals surface area contributed by atoms with Crippen LogP contribution in [0.5, 0.6) is 0 Å². The summed E-state index contributed by atoms with van der Waals surface area (Å²) in [5.41, 5.74) is -0.449. The van der Waals surface area contributed by atoms with Gasteiger partial charge in [-0.25, -0.2) is 4.79 Å². The van der Waals surface area contributed by atoms with Crippen molar-refractivity contribution in [3.05, 3.63) is 0 Å². The number of aliphatic imine (C=N–C) groups is 1. The smallest absolute Gasteiger partial charge is 0.410 e. The zero-order chi connectivity index (χ0) is 16.6. The van der Waals surface area contributed by atoms with Crippen molar-refractivity contribution in [2.24, 2.45) is 22.7 Å². The maximum absolute atomic E-state index is 12.2. The average molecular weight is 321 g/mol. The van der Waals surface area contributed by atoms with E-state index in [0.29, 0.717) is 25.7 Å². The van der Waals surface area contributed by atoms with Gasteiger partial charge < -0.3 is 10.1 Å². The van der Waals surface area contributed by atoms with Crippen molar-refractivity contribution in [1.82, 2.24) is 10.2 Å². The van der Waals surface area contributed by atoms with Crippen molar-refractivity contribution in [2.45, 2.75) is 65.0 Å². The Balaban J connectivity index is 1.52. The van der Waals surface area contributed by atoms with Gasteiger partial charge in [0.05, 0.1) is 13.1 Å². The van der Waals surface area contributed by atoms with Crippen molar-refractivity contribution < 1.29 is 9.53 Å². The van der Waals surface area contributed by atoms with E-state index in [4.69, 9.17) is 4.74 Å². The van der Waals surface area contributed by atoms with Crippen LogP contribution in [0.2, 0.25) is 0 Å². The van der Waals surface area contributed by atoms with E-state index in [1.807, 2.05) is 20.8 Å². The first-order valence-corrected chi connectivity index (χ1v) is 9.09. The summed E-state index contributed by atoms with van der Waals surface area (Å²) < 4.78 is 5.47. The molecule has 23 heavy (non-hydrogen) atoms. The Hall–Kier alpha value is -1.26. The molecular weight excluding hydrogens is 290 g/mol. The lowest BCUT2D eigenvalue weighted by atomic mass is 9.84. The lowest BCUT2D eigenvalue weighted by Gasteiger charge is -2.33. The van der Waals surface area contributed by atoms with Gasteiger partial charge in [0.2, 0.25) is 0 Å². The van der Waals surface area contributed by atoms with E-state index >= 15 is 0 Å². The molecular formula is C18H31N3O2. The molecule has 0 aromatic rings. The highest BCUT2D eigenvalue weighted by atomic mass is 16.6. The highest BCUT2D eigenvalue weighted by Crippen LogP contribution is 2.49. The fourth-order valence-electron chi connectivity index (χ4n) is 4.47. The Labute approximate surface area is 139 Å². The molecule has 0 aromatic heterocycles. The number of carbonyl (C=O) groups excluding carboxylic acids is 1. The van der Waals surface area contributed by atoms with Crippen molar-refractivity contribution >= 4 is 11.9 Å². The summed E-state index contributed by atoms with van der Waals surface area (Å²) in [7, 11) is 0. The zero-order valence-corrected chi connectivity index (χ0v) is 15.0. The number of hydrogen-bond acceptors (Lipinski definition) is 4. The van der Waals surface area contributed by atoms with Crippen LogP contribution < -0.4 is 5.32 Å². The number of carbonyl (C=O) groups is 1. The molecule has 4 unspecified atom stereocenters. The molecule has 4 atom stereocenters. The van der Waals surface area contributed by atoms with Crippen LogP contribution in [0.4, 0.5) is 4.79 Å². The van der Waals surface area contributed by atoms with Gasteiger partial charge in [0.15, 0.2) is 0 Å². The minimum atomic E-state index is -0.449. The Morgan fingerprint density at radius 3 is 2.74 bits per heavy atom. The zero-order valence-electron chi connectivity index (χ0n) is 15.0. The quantitative estimate of drug-likeness (QED) is 0.850. The maximum Gasteiger partial charge on any atom is 0.410 e. The number of fused-ring (bicyclic) bond motifs is 2. The van der Waals surface area contributed by atoms with E-state index < -0.39 is 5.60 Å². The lowest BCUT2D eigenvalue weighted by Crippen LogP contribution is -2.50. The molecule has 0 spiro atoms. The fraction of sp³-hybridized carbons (Fsp3) is 0.889. The summed E-state index contributed by atoms with van der Waals surface area (Å²) in [6.45, 7) is 9.83. The minimum absolute atomic E-state index is 0.237. The van der Waals surface area contributed by atoms with Gasteiger partial charge >= 0.3 is 6.09 Å². The molecule has 5 nitrogen and oxygen atoms in total. The molecule has 2 fully saturated rings. The summed E-state index contributed by atoms with van der Waals surface area (Å²) in [6.07, 6.45) is 5.38. The standard InChI is InChI=1S/C18H31N3O2/c1-12(15-10-13-5-6-14(15)9-13)20-16-11-21(8-7-19-16)17(22)23-18(2,3)4/h12-15H,5-11H2,1-4H3,(H,19,20). The number of nitrogens with one attached hydrogen (secondary N) is 1. The molecule has 130 valence electrons. The van der Waals surface area contributed by atoms with Crippen LogP contribution >= 0.6 is 0 Å². The number of rotatable bonds is 2. The average Bonchev–Trinajstić information content (AvgIpc) is 3.08. The number of ether oxygens (including phenoxy) is 1. The molecule has 0 saturated heterocycles. The van der Waals surface area contributed by atoms with Crippen LogP contribution in [0.25, 0.3) is 0 Å². The number of nitrogens with zero attached hydrogens (tertiary/aromatic N) is 2. The Morgan fingerprint density at radius 1 is 1.35 bits per heavy atom. The van der Waals surface area contributed by atoms with E-state index in [1.165, 1.54) is 25.7 Å². The third-order valence-corrected chi connectivity index (χ3v) is 5.49. The SMILES string of the molecule is CC(NC1=NCCN(C(=O)OC(C)(C)C)C1)C1CC2CCC1C2. The first kappa shape index (κ1) is 16.6. The van der Waals surface area contributed by atoms with Gasteiger partial charge in [0.25, 0.3) is 0 Å². The molecule has 2 aliphatic carbocycles. The second-order valence-corrected chi connectivity index (χ2v) is 8.50. The molecule has 0 radical (unpaired) electrons. The largest absolute Gasteiger partial charge is 0.444 e. The summed E-state index contributed by atoms with van der Waals surface area (Å²) in [5, 5.41) is 3.59. The van der Waals surface area contributed by atoms with Gasteiger partial charge in [-0.15, -0.1) is 0 Å². The Bertz CT molecular complexity index is 483. The molecule has 2 saturated carbocycles. The third kappa shape index (κ3) is 3.99. The van der Waals surface area contributed by atoms with Crippen LogP contribution in [0, 0.1) is 17.8 Å². The van der Waals surface area contributed by atoms with E-state index in [0.717, 1.165) is 23.6 Å². The molecule has 2 bridgehead atoms. The van der Waals surface area contributed by atoms with E-state index in [1.54, 1.807) is 4.90 Å². The van der Waals surface area contributed by atoms with Gasteiger partial charge in [0.1, 0.15) is 11.4 Å². The van der Waals surface area contributed by atoms with Crippen LogP contribution in [-0.4, -0.2) is 48.1 Å². The first-order valence-electron chi connectivity index (χ1n) is 9.09. The summed E-state index contributed by atoms with van der Waals surface area (Å²) in [5.74, 6) is 3.57. The molecule has 1 N–H and O–H groups in total. The second kappa shape index (κ2) is 6.33. The van der Waals surface area contributed by atoms with E-state index in [9.17, 15) is 4.79 Å². The normalized spacial score (nSPS) is 31.7. The monoisotopic (exact) mass is 321 g/mol. The summed E-state index contributed by atoms with van der Waals surface area (Å²) in [4.78, 5) is 18.6. The predicted molar refractivity (Wildman–Crippen MR) is 91.6 cm³/mol. The van der Waals surface area contributed by atoms with Crippen molar-refractivity contribution in [2.75, 3.05) is 19.6 Å². The van der Waals surface area contributed by atoms with Gasteiger partial charge in [-0.1, -0.05) is 6.42 Å². The number of hydrogen-bond donors (Lipinski definition) is 1. The Morgan fingerprint density at radius 2 is 2.13 bits per heavy atom. The van der Waals surface area contributed by atoms with Crippen LogP contribution in [0.15, 0.2) is 4.99 Å². The topological polar surface area (TPSA) is 53.9 Å². The van der Waals surface area contributed by atoms with Crippen molar-refractivity contribution in [3.63, 3.8) is 0 Å².